The zero-order chi connectivity index (χ0) is 15.5. The Hall–Kier alpha value is -0.830. The van der Waals surface area contributed by atoms with Crippen LogP contribution in [-0.4, -0.2) is 5.91 Å². The second-order valence-electron chi connectivity index (χ2n) is 7.26. The number of carbonyl (C=O) groups excluding carboxylic acids is 1. The summed E-state index contributed by atoms with van der Waals surface area (Å²) >= 11 is 3.42. The number of halogens is 1. The van der Waals surface area contributed by atoms with E-state index in [1.165, 1.54) is 12.8 Å². The minimum atomic E-state index is 0.207. The normalized spacial score (nSPS) is 22.9. The van der Waals surface area contributed by atoms with Crippen LogP contribution in [0.3, 0.4) is 0 Å². The van der Waals surface area contributed by atoms with E-state index in [0.29, 0.717) is 12.0 Å². The quantitative estimate of drug-likeness (QED) is 0.822. The zero-order valence-corrected chi connectivity index (χ0v) is 14.9. The van der Waals surface area contributed by atoms with Gasteiger partial charge < -0.3 is 5.32 Å². The first-order valence-corrected chi connectivity index (χ1v) is 8.67. The summed E-state index contributed by atoms with van der Waals surface area (Å²) in [4.78, 5) is 12.3. The maximum absolute atomic E-state index is 12.3. The lowest BCUT2D eigenvalue weighted by atomic mass is 9.69. The molecule has 0 heterocycles. The number of nitrogens with one attached hydrogen (secondary N) is 1. The van der Waals surface area contributed by atoms with E-state index >= 15 is 0 Å². The van der Waals surface area contributed by atoms with Gasteiger partial charge in [-0.2, -0.15) is 0 Å². The molecule has 1 amide bonds. The molecule has 0 aromatic heterocycles. The van der Waals surface area contributed by atoms with Crippen molar-refractivity contribution in [2.24, 2.45) is 17.3 Å². The minimum Gasteiger partial charge on any atom is -0.352 e. The molecule has 0 radical (unpaired) electrons. The molecule has 1 aliphatic carbocycles. The van der Waals surface area contributed by atoms with Crippen LogP contribution < -0.4 is 5.32 Å². The first kappa shape index (κ1) is 16.5. The monoisotopic (exact) mass is 351 g/mol. The van der Waals surface area contributed by atoms with Gasteiger partial charge in [-0.05, 0) is 54.7 Å². The number of amides is 1. The van der Waals surface area contributed by atoms with Gasteiger partial charge in [0.15, 0.2) is 0 Å². The number of benzene rings is 1. The van der Waals surface area contributed by atoms with Gasteiger partial charge in [-0.3, -0.25) is 4.79 Å². The van der Waals surface area contributed by atoms with Gasteiger partial charge >= 0.3 is 0 Å². The van der Waals surface area contributed by atoms with Crippen molar-refractivity contribution in [2.75, 3.05) is 0 Å². The van der Waals surface area contributed by atoms with E-state index in [0.717, 1.165) is 28.8 Å². The van der Waals surface area contributed by atoms with E-state index in [9.17, 15) is 4.79 Å². The summed E-state index contributed by atoms with van der Waals surface area (Å²) in [6.45, 7) is 7.56. The third-order valence-corrected chi connectivity index (χ3v) is 5.23. The average Bonchev–Trinajstić information content (AvgIpc) is 2.45. The van der Waals surface area contributed by atoms with E-state index in [1.54, 1.807) is 0 Å². The summed E-state index contributed by atoms with van der Waals surface area (Å²) in [7, 11) is 0. The molecule has 1 aromatic rings. The lowest BCUT2D eigenvalue weighted by Crippen LogP contribution is -2.35. The molecule has 2 rings (SSSR count). The third-order valence-electron chi connectivity index (χ3n) is 4.70. The molecule has 21 heavy (non-hydrogen) atoms. The lowest BCUT2D eigenvalue weighted by Gasteiger charge is -2.36. The topological polar surface area (TPSA) is 29.1 Å². The molecule has 0 unspecified atom stereocenters. The second-order valence-corrected chi connectivity index (χ2v) is 8.17. The van der Waals surface area contributed by atoms with Crippen molar-refractivity contribution in [1.82, 2.24) is 5.32 Å². The van der Waals surface area contributed by atoms with Gasteiger partial charge in [0, 0.05) is 16.9 Å². The van der Waals surface area contributed by atoms with Crippen LogP contribution in [0.4, 0.5) is 0 Å². The van der Waals surface area contributed by atoms with Crippen LogP contribution in [0.25, 0.3) is 0 Å². The van der Waals surface area contributed by atoms with Crippen LogP contribution >= 0.6 is 15.9 Å². The van der Waals surface area contributed by atoms with Crippen LogP contribution in [0.5, 0.6) is 0 Å². The largest absolute Gasteiger partial charge is 0.352 e. The highest BCUT2D eigenvalue weighted by molar-refractivity contribution is 9.10. The Kier molecular flexibility index (Phi) is 5.48. The fraction of sp³-hybridized carbons (Fsp3) is 0.611. The smallest absolute Gasteiger partial charge is 0.223 e. The standard InChI is InChI=1S/C18H26BrNO/c1-18(2,3)15-8-6-14(7-9-15)17(21)20-12-13-4-10-16(19)11-5-13/h4-5,10-11,14-15H,6-9,12H2,1-3H3,(H,20,21). The molecule has 0 atom stereocenters. The Labute approximate surface area is 136 Å². The molecule has 1 N–H and O–H groups in total. The number of rotatable bonds is 3. The fourth-order valence-corrected chi connectivity index (χ4v) is 3.42. The van der Waals surface area contributed by atoms with Crippen molar-refractivity contribution in [3.8, 4) is 0 Å². The molecule has 0 saturated heterocycles. The van der Waals surface area contributed by atoms with Crippen LogP contribution in [-0.2, 0) is 11.3 Å². The van der Waals surface area contributed by atoms with E-state index in [4.69, 9.17) is 0 Å². The number of hydrogen-bond donors (Lipinski definition) is 1. The van der Waals surface area contributed by atoms with Crippen LogP contribution in [0, 0.1) is 17.3 Å². The highest BCUT2D eigenvalue weighted by Gasteiger charge is 2.32. The van der Waals surface area contributed by atoms with Gasteiger partial charge in [0.05, 0.1) is 0 Å². The van der Waals surface area contributed by atoms with E-state index in [1.807, 2.05) is 24.3 Å². The Morgan fingerprint density at radius 2 is 1.71 bits per heavy atom. The van der Waals surface area contributed by atoms with Gasteiger partial charge in [-0.25, -0.2) is 0 Å². The highest BCUT2D eigenvalue weighted by Crippen LogP contribution is 2.39. The molecule has 1 fully saturated rings. The first-order chi connectivity index (χ1) is 9.86. The van der Waals surface area contributed by atoms with Crippen molar-refractivity contribution in [1.29, 1.82) is 0 Å². The molecule has 0 spiro atoms. The second kappa shape index (κ2) is 6.95. The Bertz CT molecular complexity index is 467. The zero-order valence-electron chi connectivity index (χ0n) is 13.3. The predicted molar refractivity (Wildman–Crippen MR) is 90.9 cm³/mol. The maximum Gasteiger partial charge on any atom is 0.223 e. The van der Waals surface area contributed by atoms with Gasteiger partial charge in [-0.15, -0.1) is 0 Å². The summed E-state index contributed by atoms with van der Waals surface area (Å²) in [6, 6.07) is 8.10. The molecule has 1 aliphatic rings. The van der Waals surface area contributed by atoms with Crippen molar-refractivity contribution in [3.63, 3.8) is 0 Å². The summed E-state index contributed by atoms with van der Waals surface area (Å²) in [6.07, 6.45) is 4.43. The summed E-state index contributed by atoms with van der Waals surface area (Å²) in [5.41, 5.74) is 1.52. The molecule has 0 aliphatic heterocycles. The number of carbonyl (C=O) groups is 1. The fourth-order valence-electron chi connectivity index (χ4n) is 3.16. The molecule has 0 bridgehead atoms. The van der Waals surface area contributed by atoms with Crippen LogP contribution in [0.15, 0.2) is 28.7 Å². The molecule has 3 heteroatoms. The van der Waals surface area contributed by atoms with Gasteiger partial charge in [0.25, 0.3) is 0 Å². The summed E-state index contributed by atoms with van der Waals surface area (Å²) in [5, 5.41) is 3.09. The highest BCUT2D eigenvalue weighted by atomic mass is 79.9. The molecule has 1 aromatic carbocycles. The van der Waals surface area contributed by atoms with Gasteiger partial charge in [-0.1, -0.05) is 48.8 Å². The SMILES string of the molecule is CC(C)(C)C1CCC(C(=O)NCc2ccc(Br)cc2)CC1. The predicted octanol–water partition coefficient (Wildman–Crippen LogP) is 4.92. The Balaban J connectivity index is 1.78. The Morgan fingerprint density at radius 1 is 1.14 bits per heavy atom. The lowest BCUT2D eigenvalue weighted by molar-refractivity contribution is -0.126. The maximum atomic E-state index is 12.3. The van der Waals surface area contributed by atoms with E-state index in [2.05, 4.69) is 42.0 Å². The van der Waals surface area contributed by atoms with Crippen molar-refractivity contribution >= 4 is 21.8 Å². The summed E-state index contributed by atoms with van der Waals surface area (Å²) in [5.74, 6) is 1.19. The summed E-state index contributed by atoms with van der Waals surface area (Å²) < 4.78 is 1.07. The molecular formula is C18H26BrNO. The van der Waals surface area contributed by atoms with Crippen molar-refractivity contribution in [3.05, 3.63) is 34.3 Å². The molecule has 1 saturated carbocycles. The number of hydrogen-bond acceptors (Lipinski definition) is 1. The molecule has 2 nitrogen and oxygen atoms in total. The van der Waals surface area contributed by atoms with Crippen molar-refractivity contribution < 1.29 is 4.79 Å². The minimum absolute atomic E-state index is 0.207. The first-order valence-electron chi connectivity index (χ1n) is 7.88. The Morgan fingerprint density at radius 3 is 2.24 bits per heavy atom. The van der Waals surface area contributed by atoms with Crippen molar-refractivity contribution in [2.45, 2.75) is 53.0 Å². The van der Waals surface area contributed by atoms with Crippen LogP contribution in [0.1, 0.15) is 52.0 Å². The average molecular weight is 352 g/mol. The molecular weight excluding hydrogens is 326 g/mol. The third kappa shape index (κ3) is 4.84. The molecule has 116 valence electrons. The van der Waals surface area contributed by atoms with Crippen LogP contribution in [0.2, 0.25) is 0 Å². The van der Waals surface area contributed by atoms with E-state index < -0.39 is 0 Å². The van der Waals surface area contributed by atoms with E-state index in [-0.39, 0.29) is 11.8 Å². The van der Waals surface area contributed by atoms with Gasteiger partial charge in [0.2, 0.25) is 5.91 Å². The van der Waals surface area contributed by atoms with Gasteiger partial charge in [0.1, 0.15) is 0 Å².